The fraction of sp³-hybridized carbons (Fsp3) is 0.429. The second kappa shape index (κ2) is 15.5. The second-order valence-corrected chi connectivity index (χ2v) is 9.02. The molecule has 0 aliphatic rings. The lowest BCUT2D eigenvalue weighted by atomic mass is 10.2. The minimum atomic E-state index is -1.16. The molecule has 1 aromatic carbocycles. The number of imidazole rings is 1. The van der Waals surface area contributed by atoms with Crippen LogP contribution in [-0.4, -0.2) is 57.4 Å². The van der Waals surface area contributed by atoms with Crippen molar-refractivity contribution in [3.63, 3.8) is 0 Å². The van der Waals surface area contributed by atoms with Crippen molar-refractivity contribution in [2.24, 2.45) is 0 Å². The van der Waals surface area contributed by atoms with Gasteiger partial charge in [0, 0.05) is 18.7 Å². The molecule has 0 spiro atoms. The first kappa shape index (κ1) is 26.9. The lowest BCUT2D eigenvalue weighted by Crippen LogP contribution is -2.13. The van der Waals surface area contributed by atoms with Crippen LogP contribution in [0.4, 0.5) is 5.95 Å². The molecule has 0 bridgehead atoms. The molecule has 2 heterocycles. The molecular formula is C21H30N5O5PS. The number of fused-ring (bicyclic) bond motifs is 1. The van der Waals surface area contributed by atoms with E-state index in [0.717, 1.165) is 17.6 Å². The van der Waals surface area contributed by atoms with E-state index in [9.17, 15) is 9.59 Å². The van der Waals surface area contributed by atoms with E-state index in [0.29, 0.717) is 44.8 Å². The molecule has 0 aliphatic heterocycles. The van der Waals surface area contributed by atoms with E-state index in [-0.39, 0.29) is 17.0 Å². The van der Waals surface area contributed by atoms with Crippen LogP contribution in [0.25, 0.3) is 11.2 Å². The molecule has 10 nitrogen and oxygen atoms in total. The molecule has 0 saturated heterocycles. The van der Waals surface area contributed by atoms with Crippen molar-refractivity contribution in [1.82, 2.24) is 19.5 Å². The Kier molecular flexibility index (Phi) is 12.7. The molecule has 0 amide bonds. The lowest BCUT2D eigenvalue weighted by Gasteiger charge is -2.17. The number of hydrogen-bond acceptors (Lipinski definition) is 9. The third kappa shape index (κ3) is 9.61. The predicted molar refractivity (Wildman–Crippen MR) is 132 cm³/mol. The van der Waals surface area contributed by atoms with Crippen LogP contribution >= 0.6 is 20.1 Å². The molecule has 1 unspecified atom stereocenters. The molecule has 3 aromatic rings. The minimum Gasteiger partial charge on any atom is -0.370 e. The van der Waals surface area contributed by atoms with Gasteiger partial charge in [-0.05, 0) is 11.8 Å². The number of thioether (sulfide) groups is 1. The van der Waals surface area contributed by atoms with E-state index in [2.05, 4.69) is 15.0 Å². The Morgan fingerprint density at radius 1 is 1.24 bits per heavy atom. The summed E-state index contributed by atoms with van der Waals surface area (Å²) in [5.74, 6) is 0.959. The van der Waals surface area contributed by atoms with Crippen molar-refractivity contribution in [2.75, 3.05) is 37.3 Å². The Morgan fingerprint density at radius 3 is 2.70 bits per heavy atom. The normalized spacial score (nSPS) is 11.7. The highest BCUT2D eigenvalue weighted by Gasteiger charge is 2.13. The van der Waals surface area contributed by atoms with E-state index in [1.807, 2.05) is 43.5 Å². The second-order valence-electron chi connectivity index (χ2n) is 6.59. The summed E-state index contributed by atoms with van der Waals surface area (Å²) in [6, 6.07) is 9.96. The molecule has 3 N–H and O–H groups in total. The van der Waals surface area contributed by atoms with Gasteiger partial charge in [-0.25, -0.2) is 4.98 Å². The van der Waals surface area contributed by atoms with Crippen molar-refractivity contribution >= 4 is 43.5 Å². The summed E-state index contributed by atoms with van der Waals surface area (Å²) in [4.78, 5) is 31.7. The molecule has 0 radical (unpaired) electrons. The summed E-state index contributed by atoms with van der Waals surface area (Å²) in [5.41, 5.74) is 7.05. The summed E-state index contributed by atoms with van der Waals surface area (Å²) in [7, 11) is -1.16. The number of aromatic nitrogens is 4. The van der Waals surface area contributed by atoms with Crippen molar-refractivity contribution in [1.29, 1.82) is 0 Å². The third-order valence-corrected chi connectivity index (χ3v) is 5.93. The SMILES string of the molecule is CCC=O.CSCCOP(COCCn1cnc2c(=O)[nH]c(N)nc21)OCc1ccccc1. The van der Waals surface area contributed by atoms with Crippen molar-refractivity contribution in [2.45, 2.75) is 26.5 Å². The first-order valence-corrected chi connectivity index (χ1v) is 13.1. The minimum absolute atomic E-state index is 0.0604. The molecule has 1 atom stereocenters. The van der Waals surface area contributed by atoms with Gasteiger partial charge in [0.15, 0.2) is 19.5 Å². The molecule has 0 fully saturated rings. The molecule has 3 rings (SSSR count). The van der Waals surface area contributed by atoms with Crippen LogP contribution in [0.5, 0.6) is 0 Å². The standard InChI is InChI=1S/C18H24N5O4PS.C3H6O/c1-29-10-9-26-28(27-11-14-5-3-2-4-6-14)13-25-8-7-23-12-20-15-16(23)21-18(19)22-17(15)24;1-2-3-4/h2-6,12H,7-11,13H2,1H3,(H3,19,21,22,24);3H,2H2,1H3. The number of hydrogen-bond donors (Lipinski definition) is 2. The molecule has 33 heavy (non-hydrogen) atoms. The highest BCUT2D eigenvalue weighted by Crippen LogP contribution is 2.39. The van der Waals surface area contributed by atoms with Gasteiger partial charge in [0.05, 0.1) is 26.1 Å². The average Bonchev–Trinajstić information content (AvgIpc) is 3.23. The van der Waals surface area contributed by atoms with Crippen LogP contribution in [0.15, 0.2) is 41.5 Å². The van der Waals surface area contributed by atoms with Gasteiger partial charge in [-0.1, -0.05) is 37.3 Å². The maximum absolute atomic E-state index is 11.8. The van der Waals surface area contributed by atoms with Crippen molar-refractivity contribution < 1.29 is 18.6 Å². The third-order valence-electron chi connectivity index (χ3n) is 4.07. The predicted octanol–water partition coefficient (Wildman–Crippen LogP) is 3.18. The van der Waals surface area contributed by atoms with Gasteiger partial charge in [0.25, 0.3) is 5.56 Å². The number of aldehydes is 1. The Balaban J connectivity index is 0.000000890. The number of carbonyl (C=O) groups excluding carboxylic acids is 1. The summed E-state index contributed by atoms with van der Waals surface area (Å²) in [6.07, 6.45) is 5.47. The number of H-pyrrole nitrogens is 1. The molecular weight excluding hydrogens is 465 g/mol. The number of nitrogen functional groups attached to an aromatic ring is 1. The maximum atomic E-state index is 11.8. The smallest absolute Gasteiger partial charge is 0.280 e. The lowest BCUT2D eigenvalue weighted by molar-refractivity contribution is -0.107. The van der Waals surface area contributed by atoms with E-state index < -0.39 is 8.38 Å². The molecule has 0 aliphatic carbocycles. The van der Waals surface area contributed by atoms with Gasteiger partial charge in [-0.3, -0.25) is 9.78 Å². The zero-order chi connectivity index (χ0) is 23.9. The Hall–Kier alpha value is -2.30. The fourth-order valence-corrected chi connectivity index (χ4v) is 3.95. The topological polar surface area (TPSA) is 134 Å². The van der Waals surface area contributed by atoms with Gasteiger partial charge < -0.3 is 28.9 Å². The highest BCUT2D eigenvalue weighted by atomic mass is 32.2. The first-order valence-electron chi connectivity index (χ1n) is 10.4. The Labute approximate surface area is 198 Å². The van der Waals surface area contributed by atoms with Crippen molar-refractivity contribution in [3.8, 4) is 0 Å². The van der Waals surface area contributed by atoms with Gasteiger partial charge in [-0.15, -0.1) is 0 Å². The van der Waals surface area contributed by atoms with Crippen LogP contribution in [0.3, 0.4) is 0 Å². The molecule has 12 heteroatoms. The molecule has 180 valence electrons. The number of nitrogens with zero attached hydrogens (tertiary/aromatic N) is 3. The number of anilines is 1. The van der Waals surface area contributed by atoms with Gasteiger partial charge in [-0.2, -0.15) is 16.7 Å². The van der Waals surface area contributed by atoms with Crippen LogP contribution in [-0.2, 0) is 31.7 Å². The summed E-state index contributed by atoms with van der Waals surface area (Å²) in [6.45, 7) is 3.79. The monoisotopic (exact) mass is 495 g/mol. The quantitative estimate of drug-likeness (QED) is 0.208. The largest absolute Gasteiger partial charge is 0.370 e. The van der Waals surface area contributed by atoms with Crippen molar-refractivity contribution in [3.05, 3.63) is 52.6 Å². The van der Waals surface area contributed by atoms with Crippen LogP contribution < -0.4 is 11.3 Å². The van der Waals surface area contributed by atoms with Crippen LogP contribution in [0.1, 0.15) is 18.9 Å². The maximum Gasteiger partial charge on any atom is 0.280 e. The zero-order valence-corrected chi connectivity index (χ0v) is 20.5. The number of rotatable bonds is 13. The van der Waals surface area contributed by atoms with Crippen LogP contribution in [0.2, 0.25) is 0 Å². The average molecular weight is 496 g/mol. The highest BCUT2D eigenvalue weighted by molar-refractivity contribution is 7.98. The Bertz CT molecular complexity index is 1020. The van der Waals surface area contributed by atoms with E-state index >= 15 is 0 Å². The van der Waals surface area contributed by atoms with E-state index in [1.54, 1.807) is 22.7 Å². The zero-order valence-electron chi connectivity index (χ0n) is 18.8. The summed E-state index contributed by atoms with van der Waals surface area (Å²) in [5, 5.41) is 0. The number of ether oxygens (including phenoxy) is 1. The van der Waals surface area contributed by atoms with Crippen LogP contribution in [0, 0.1) is 0 Å². The van der Waals surface area contributed by atoms with Gasteiger partial charge >= 0.3 is 0 Å². The fourth-order valence-electron chi connectivity index (χ4n) is 2.49. The number of benzene rings is 1. The van der Waals surface area contributed by atoms with Gasteiger partial charge in [0.2, 0.25) is 5.95 Å². The first-order chi connectivity index (χ1) is 16.1. The van der Waals surface area contributed by atoms with E-state index in [4.69, 9.17) is 19.5 Å². The summed E-state index contributed by atoms with van der Waals surface area (Å²) >= 11 is 1.72. The number of nitrogens with two attached hydrogens (primary N) is 1. The Morgan fingerprint density at radius 2 is 2.00 bits per heavy atom. The van der Waals surface area contributed by atoms with E-state index in [1.165, 1.54) is 0 Å². The number of carbonyl (C=O) groups is 1. The molecule has 0 saturated carbocycles. The summed E-state index contributed by atoms with van der Waals surface area (Å²) < 4.78 is 19.3. The number of aromatic amines is 1. The molecule has 2 aromatic heterocycles. The number of nitrogens with one attached hydrogen (secondary N) is 1. The van der Waals surface area contributed by atoms with Gasteiger partial charge in [0.1, 0.15) is 12.6 Å².